The SMILES string of the molecule is CP(Cc1[c-]c(CP(C(C)(C)C)C(C)(C)C)ccc1)C(C)(C)C.[Ir]. The van der Waals surface area contributed by atoms with E-state index in [0.29, 0.717) is 15.5 Å². The molecule has 0 amide bonds. The Morgan fingerprint density at radius 1 is 0.750 bits per heavy atom. The summed E-state index contributed by atoms with van der Waals surface area (Å²) in [5.41, 5.74) is 2.82. The molecule has 0 saturated carbocycles. The van der Waals surface area contributed by atoms with Gasteiger partial charge in [-0.15, -0.1) is 7.92 Å². The van der Waals surface area contributed by atoms with Crippen LogP contribution in [0.5, 0.6) is 0 Å². The summed E-state index contributed by atoms with van der Waals surface area (Å²) in [5, 5.41) is 1.17. The maximum absolute atomic E-state index is 3.75. The molecule has 0 spiro atoms. The van der Waals surface area contributed by atoms with E-state index in [0.717, 1.165) is 0 Å². The van der Waals surface area contributed by atoms with E-state index < -0.39 is 0 Å². The van der Waals surface area contributed by atoms with Crippen LogP contribution < -0.4 is 0 Å². The van der Waals surface area contributed by atoms with Crippen molar-refractivity contribution in [1.29, 1.82) is 0 Å². The molecule has 1 radical (unpaired) electrons. The first-order valence-corrected chi connectivity index (χ1v) is 12.2. The molecular weight excluding hydrogens is 506 g/mol. The van der Waals surface area contributed by atoms with Crippen LogP contribution in [0.25, 0.3) is 0 Å². The van der Waals surface area contributed by atoms with Gasteiger partial charge < -0.3 is 0 Å². The molecule has 0 aliphatic heterocycles. The Labute approximate surface area is 167 Å². The van der Waals surface area contributed by atoms with Crippen molar-refractivity contribution in [2.45, 2.75) is 90.1 Å². The quantitative estimate of drug-likeness (QED) is 0.273. The van der Waals surface area contributed by atoms with Gasteiger partial charge in [0.2, 0.25) is 0 Å². The molecule has 0 bridgehead atoms. The Morgan fingerprint density at radius 3 is 1.54 bits per heavy atom. The van der Waals surface area contributed by atoms with Crippen molar-refractivity contribution >= 4 is 15.8 Å². The molecule has 1 rings (SSSR count). The summed E-state index contributed by atoms with van der Waals surface area (Å²) in [6, 6.07) is 10.5. The topological polar surface area (TPSA) is 0 Å². The van der Waals surface area contributed by atoms with Gasteiger partial charge >= 0.3 is 0 Å². The van der Waals surface area contributed by atoms with Gasteiger partial charge in [-0.05, 0) is 34.5 Å². The van der Waals surface area contributed by atoms with Gasteiger partial charge in [-0.3, -0.25) is 0 Å². The summed E-state index contributed by atoms with van der Waals surface area (Å²) in [6.45, 7) is 23.9. The molecule has 0 aliphatic rings. The smallest absolute Gasteiger partial charge is 0 e. The number of benzene rings is 1. The molecule has 1 atom stereocenters. The van der Waals surface area contributed by atoms with Crippen molar-refractivity contribution in [3.05, 3.63) is 35.4 Å². The molecule has 0 fully saturated rings. The summed E-state index contributed by atoms with van der Waals surface area (Å²) in [7, 11) is -0.102. The fraction of sp³-hybridized carbons (Fsp3) is 0.714. The average molecular weight is 544 g/mol. The maximum atomic E-state index is 3.75. The molecule has 24 heavy (non-hydrogen) atoms. The Kier molecular flexibility index (Phi) is 9.36. The van der Waals surface area contributed by atoms with Crippen molar-refractivity contribution in [2.75, 3.05) is 6.66 Å². The summed E-state index contributed by atoms with van der Waals surface area (Å²) in [5.74, 6) is 0. The van der Waals surface area contributed by atoms with E-state index in [2.05, 4.69) is 93.2 Å². The monoisotopic (exact) mass is 544 g/mol. The second kappa shape index (κ2) is 9.09. The Hall–Kier alpha value is 0.729. The van der Waals surface area contributed by atoms with Gasteiger partial charge in [-0.1, -0.05) is 70.2 Å². The fourth-order valence-corrected chi connectivity index (χ4v) is 7.55. The van der Waals surface area contributed by atoms with Crippen LogP contribution >= 0.6 is 15.8 Å². The van der Waals surface area contributed by atoms with Crippen LogP contribution in [0.2, 0.25) is 0 Å². The second-order valence-electron chi connectivity index (χ2n) is 9.66. The molecule has 0 nitrogen and oxygen atoms in total. The number of hydrogen-bond acceptors (Lipinski definition) is 0. The summed E-state index contributed by atoms with van der Waals surface area (Å²) in [6.07, 6.45) is 2.38. The fourth-order valence-electron chi connectivity index (χ4n) is 2.90. The van der Waals surface area contributed by atoms with Crippen LogP contribution in [0, 0.1) is 6.07 Å². The van der Waals surface area contributed by atoms with Crippen LogP contribution in [0.3, 0.4) is 0 Å². The van der Waals surface area contributed by atoms with E-state index in [1.54, 1.807) is 0 Å². The zero-order valence-electron chi connectivity index (χ0n) is 17.4. The van der Waals surface area contributed by atoms with Crippen molar-refractivity contribution in [1.82, 2.24) is 0 Å². The van der Waals surface area contributed by atoms with Gasteiger partial charge in [-0.25, -0.2) is 0 Å². The predicted molar refractivity (Wildman–Crippen MR) is 112 cm³/mol. The van der Waals surface area contributed by atoms with E-state index in [9.17, 15) is 0 Å². The predicted octanol–water partition coefficient (Wildman–Crippen LogP) is 7.47. The number of rotatable bonds is 4. The zero-order valence-corrected chi connectivity index (χ0v) is 21.6. The van der Waals surface area contributed by atoms with E-state index >= 15 is 0 Å². The maximum Gasteiger partial charge on any atom is 0 e. The third-order valence-corrected chi connectivity index (χ3v) is 11.4. The minimum atomic E-state index is -0.100. The third kappa shape index (κ3) is 7.96. The molecule has 1 aromatic rings. The van der Waals surface area contributed by atoms with Gasteiger partial charge in [0.1, 0.15) is 0 Å². The van der Waals surface area contributed by atoms with E-state index in [1.807, 2.05) is 0 Å². The van der Waals surface area contributed by atoms with Gasteiger partial charge in [0.05, 0.1) is 0 Å². The summed E-state index contributed by atoms with van der Waals surface area (Å²) >= 11 is 0. The second-order valence-corrected chi connectivity index (χ2v) is 16.6. The zero-order chi connectivity index (χ0) is 18.1. The Morgan fingerprint density at radius 2 is 1.17 bits per heavy atom. The van der Waals surface area contributed by atoms with E-state index in [-0.39, 0.29) is 35.9 Å². The minimum absolute atomic E-state index is 0. The van der Waals surface area contributed by atoms with Gasteiger partial charge in [0.25, 0.3) is 0 Å². The normalized spacial score (nSPS) is 14.5. The van der Waals surface area contributed by atoms with Crippen LogP contribution in [0.15, 0.2) is 18.2 Å². The van der Waals surface area contributed by atoms with Crippen LogP contribution in [0.1, 0.15) is 73.4 Å². The van der Waals surface area contributed by atoms with Crippen molar-refractivity contribution < 1.29 is 20.1 Å². The Balaban J connectivity index is 0.00000529. The van der Waals surface area contributed by atoms with E-state index in [1.165, 1.54) is 23.5 Å². The number of hydrogen-bond donors (Lipinski definition) is 0. The van der Waals surface area contributed by atoms with Crippen molar-refractivity contribution in [3.8, 4) is 0 Å². The van der Waals surface area contributed by atoms with Gasteiger partial charge in [0.15, 0.2) is 0 Å². The Bertz CT molecular complexity index is 490. The van der Waals surface area contributed by atoms with Crippen molar-refractivity contribution in [2.24, 2.45) is 0 Å². The largest absolute Gasteiger partial charge is 0.176 e. The van der Waals surface area contributed by atoms with E-state index in [4.69, 9.17) is 0 Å². The molecule has 0 heterocycles. The minimum Gasteiger partial charge on any atom is -0.176 e. The van der Waals surface area contributed by atoms with Gasteiger partial charge in [0, 0.05) is 20.1 Å². The molecule has 141 valence electrons. The average Bonchev–Trinajstić information content (AvgIpc) is 2.32. The van der Waals surface area contributed by atoms with Crippen LogP contribution in [-0.4, -0.2) is 22.1 Å². The molecule has 0 N–H and O–H groups in total. The summed E-state index contributed by atoms with van der Waals surface area (Å²) in [4.78, 5) is 0. The summed E-state index contributed by atoms with van der Waals surface area (Å²) < 4.78 is 0. The first kappa shape index (κ1) is 24.7. The van der Waals surface area contributed by atoms with Gasteiger partial charge in [-0.2, -0.15) is 35.4 Å². The molecule has 0 aromatic heterocycles. The first-order chi connectivity index (χ1) is 10.2. The van der Waals surface area contributed by atoms with Crippen LogP contribution in [-0.2, 0) is 32.4 Å². The first-order valence-electron chi connectivity index (χ1n) is 8.70. The molecular formula is C21H37IrP2-. The third-order valence-electron chi connectivity index (χ3n) is 4.42. The van der Waals surface area contributed by atoms with Crippen molar-refractivity contribution in [3.63, 3.8) is 0 Å². The standard InChI is InChI=1S/C21H37P2.Ir/c1-19(2,3)22(10)15-17-12-11-13-18(14-17)16-23(20(4,5)6)21(7,8)9;/h11-13H,15-16H2,1-10H3;/q-1;. The molecule has 1 unspecified atom stereocenters. The molecule has 3 heteroatoms. The van der Waals surface area contributed by atoms with Crippen LogP contribution in [0.4, 0.5) is 0 Å². The molecule has 1 aromatic carbocycles. The molecule has 0 saturated heterocycles. The molecule has 0 aliphatic carbocycles.